The van der Waals surface area contributed by atoms with Crippen molar-refractivity contribution >= 4 is 37.1 Å². The lowest BCUT2D eigenvalue weighted by atomic mass is 10.0. The Hall–Kier alpha value is -4.39. The largest absolute Gasteiger partial charge is 0.268 e. The van der Waals surface area contributed by atoms with E-state index in [0.29, 0.717) is 11.3 Å². The average molecular weight is 556 g/mol. The van der Waals surface area contributed by atoms with Gasteiger partial charge in [0, 0.05) is 5.56 Å². The Balaban J connectivity index is 1.72. The van der Waals surface area contributed by atoms with Crippen LogP contribution in [0, 0.1) is 25.2 Å². The zero-order valence-corrected chi connectivity index (χ0v) is 22.9. The van der Waals surface area contributed by atoms with Crippen molar-refractivity contribution in [3.8, 4) is 6.07 Å². The number of fused-ring (bicyclic) bond motifs is 1. The monoisotopic (exact) mass is 555 g/mol. The standard InChI is InChI=1S/C30H25N3O4S2/c1-22-8-13-26(14-9-22)38(34,35)32-19-18-30(28-20-24(21-31)12-17-29(28)32)33(25-6-4-3-5-7-25)39(36,37)27-15-10-23(2)11-16-27/h3-18,20H,19H2,1-2H3. The molecule has 0 aromatic heterocycles. The first-order chi connectivity index (χ1) is 18.6. The lowest BCUT2D eigenvalue weighted by Gasteiger charge is -2.35. The second-order valence-corrected chi connectivity index (χ2v) is 12.8. The first kappa shape index (κ1) is 26.2. The highest BCUT2D eigenvalue weighted by atomic mass is 32.2. The van der Waals surface area contributed by atoms with E-state index in [1.807, 2.05) is 13.8 Å². The second-order valence-electron chi connectivity index (χ2n) is 9.20. The highest BCUT2D eigenvalue weighted by Crippen LogP contribution is 2.41. The van der Waals surface area contributed by atoms with Gasteiger partial charge in [-0.3, -0.25) is 4.31 Å². The molecule has 9 heteroatoms. The summed E-state index contributed by atoms with van der Waals surface area (Å²) in [4.78, 5) is 0.206. The summed E-state index contributed by atoms with van der Waals surface area (Å²) in [5.41, 5.74) is 3.36. The summed E-state index contributed by atoms with van der Waals surface area (Å²) in [5.74, 6) is 0. The van der Waals surface area contributed by atoms with E-state index in [9.17, 15) is 22.1 Å². The number of para-hydroxylation sites is 1. The maximum Gasteiger partial charge on any atom is 0.268 e. The SMILES string of the molecule is Cc1ccc(S(=O)(=O)N2CC=C(N(c3ccccc3)S(=O)(=O)c3ccc(C)cc3)c3cc(C#N)ccc32)cc1. The number of sulfonamides is 2. The minimum absolute atomic E-state index is 0.0885. The van der Waals surface area contributed by atoms with Crippen LogP contribution in [-0.4, -0.2) is 23.4 Å². The minimum Gasteiger partial charge on any atom is -0.262 e. The Labute approximate surface area is 229 Å². The van der Waals surface area contributed by atoms with E-state index in [2.05, 4.69) is 6.07 Å². The number of aryl methyl sites for hydroxylation is 2. The third-order valence-electron chi connectivity index (χ3n) is 6.50. The molecule has 1 aliphatic rings. The summed E-state index contributed by atoms with van der Waals surface area (Å²) in [6.45, 7) is 3.65. The summed E-state index contributed by atoms with van der Waals surface area (Å²) < 4.78 is 58.1. The molecule has 0 radical (unpaired) electrons. The number of hydrogen-bond acceptors (Lipinski definition) is 5. The van der Waals surface area contributed by atoms with Gasteiger partial charge in [0.15, 0.2) is 0 Å². The summed E-state index contributed by atoms with van der Waals surface area (Å²) >= 11 is 0. The van der Waals surface area contributed by atoms with E-state index in [-0.39, 0.29) is 33.3 Å². The van der Waals surface area contributed by atoms with Crippen LogP contribution in [0.3, 0.4) is 0 Å². The van der Waals surface area contributed by atoms with Crippen LogP contribution >= 0.6 is 0 Å². The van der Waals surface area contributed by atoms with Crippen molar-refractivity contribution in [1.29, 1.82) is 5.26 Å². The van der Waals surface area contributed by atoms with Gasteiger partial charge in [0.25, 0.3) is 20.0 Å². The van der Waals surface area contributed by atoms with Gasteiger partial charge in [-0.2, -0.15) is 5.26 Å². The van der Waals surface area contributed by atoms with Crippen LogP contribution in [0.25, 0.3) is 5.70 Å². The van der Waals surface area contributed by atoms with Crippen LogP contribution < -0.4 is 8.61 Å². The van der Waals surface area contributed by atoms with Gasteiger partial charge in [-0.15, -0.1) is 0 Å². The molecule has 0 fully saturated rings. The van der Waals surface area contributed by atoms with Gasteiger partial charge in [-0.1, -0.05) is 53.6 Å². The van der Waals surface area contributed by atoms with Gasteiger partial charge in [0.1, 0.15) is 0 Å². The molecule has 39 heavy (non-hydrogen) atoms. The lowest BCUT2D eigenvalue weighted by molar-refractivity contribution is 0.592. The molecule has 0 N–H and O–H groups in total. The van der Waals surface area contributed by atoms with Crippen molar-refractivity contribution in [2.24, 2.45) is 0 Å². The molecule has 5 rings (SSSR count). The molecule has 0 amide bonds. The van der Waals surface area contributed by atoms with Crippen molar-refractivity contribution in [2.45, 2.75) is 23.6 Å². The third kappa shape index (κ3) is 4.80. The summed E-state index contributed by atoms with van der Waals surface area (Å²) in [6, 6.07) is 28.4. The van der Waals surface area contributed by atoms with Gasteiger partial charge < -0.3 is 0 Å². The highest BCUT2D eigenvalue weighted by molar-refractivity contribution is 7.93. The number of nitriles is 1. The van der Waals surface area contributed by atoms with Crippen molar-refractivity contribution in [3.63, 3.8) is 0 Å². The van der Waals surface area contributed by atoms with Crippen molar-refractivity contribution in [1.82, 2.24) is 0 Å². The highest BCUT2D eigenvalue weighted by Gasteiger charge is 2.36. The van der Waals surface area contributed by atoms with Crippen LogP contribution in [0.2, 0.25) is 0 Å². The summed E-state index contributed by atoms with van der Waals surface area (Å²) in [7, 11) is -8.11. The van der Waals surface area contributed by atoms with Crippen molar-refractivity contribution in [2.75, 3.05) is 15.2 Å². The zero-order valence-electron chi connectivity index (χ0n) is 21.3. The Morgan fingerprint density at radius 2 is 1.36 bits per heavy atom. The fourth-order valence-corrected chi connectivity index (χ4v) is 7.40. The normalized spacial score (nSPS) is 13.3. The molecular formula is C30H25N3O4S2. The average Bonchev–Trinajstić information content (AvgIpc) is 2.94. The maximum atomic E-state index is 14.1. The molecule has 0 bridgehead atoms. The number of anilines is 2. The molecule has 1 heterocycles. The first-order valence-electron chi connectivity index (χ1n) is 12.1. The van der Waals surface area contributed by atoms with Gasteiger partial charge in [0.05, 0.1) is 45.0 Å². The van der Waals surface area contributed by atoms with Gasteiger partial charge in [0.2, 0.25) is 0 Å². The molecule has 0 atom stereocenters. The van der Waals surface area contributed by atoms with Crippen LogP contribution in [0.15, 0.2) is 113 Å². The van der Waals surface area contributed by atoms with Gasteiger partial charge >= 0.3 is 0 Å². The Kier molecular flexibility index (Phi) is 6.76. The molecule has 0 spiro atoms. The quantitative estimate of drug-likeness (QED) is 0.308. The predicted molar refractivity (Wildman–Crippen MR) is 152 cm³/mol. The van der Waals surface area contributed by atoms with E-state index in [1.54, 1.807) is 91.0 Å². The molecule has 196 valence electrons. The summed E-state index contributed by atoms with van der Waals surface area (Å²) in [5, 5.41) is 9.64. The van der Waals surface area contributed by atoms with E-state index in [4.69, 9.17) is 0 Å². The topological polar surface area (TPSA) is 98.6 Å². The zero-order chi connectivity index (χ0) is 27.8. The third-order valence-corrected chi connectivity index (χ3v) is 10.0. The van der Waals surface area contributed by atoms with Crippen LogP contribution in [-0.2, 0) is 20.0 Å². The number of hydrogen-bond donors (Lipinski definition) is 0. The smallest absolute Gasteiger partial charge is 0.262 e. The Morgan fingerprint density at radius 1 is 0.769 bits per heavy atom. The fraction of sp³-hybridized carbons (Fsp3) is 0.100. The fourth-order valence-electron chi connectivity index (χ4n) is 4.45. The molecule has 0 aliphatic carbocycles. The van der Waals surface area contributed by atoms with E-state index < -0.39 is 20.0 Å². The second kappa shape index (κ2) is 10.1. The molecule has 4 aromatic carbocycles. The van der Waals surface area contributed by atoms with E-state index in [1.165, 1.54) is 20.7 Å². The minimum atomic E-state index is -4.13. The molecule has 0 saturated carbocycles. The van der Waals surface area contributed by atoms with E-state index >= 15 is 0 Å². The van der Waals surface area contributed by atoms with Crippen molar-refractivity contribution in [3.05, 3.63) is 125 Å². The molecule has 4 aromatic rings. The van der Waals surface area contributed by atoms with Crippen LogP contribution in [0.4, 0.5) is 11.4 Å². The van der Waals surface area contributed by atoms with Crippen LogP contribution in [0.1, 0.15) is 22.3 Å². The number of nitrogens with zero attached hydrogens (tertiary/aromatic N) is 3. The number of rotatable bonds is 6. The van der Waals surface area contributed by atoms with Crippen molar-refractivity contribution < 1.29 is 16.8 Å². The van der Waals surface area contributed by atoms with E-state index in [0.717, 1.165) is 11.1 Å². The predicted octanol–water partition coefficient (Wildman–Crippen LogP) is 5.62. The Morgan fingerprint density at radius 3 is 1.95 bits per heavy atom. The molecule has 0 unspecified atom stereocenters. The summed E-state index contributed by atoms with van der Waals surface area (Å²) in [6.07, 6.45) is 1.58. The van der Waals surface area contributed by atoms with Crippen LogP contribution in [0.5, 0.6) is 0 Å². The maximum absolute atomic E-state index is 14.1. The number of benzene rings is 4. The molecule has 1 aliphatic heterocycles. The van der Waals surface area contributed by atoms with Gasteiger partial charge in [-0.05, 0) is 74.5 Å². The molecule has 0 saturated heterocycles. The lowest BCUT2D eigenvalue weighted by Crippen LogP contribution is -2.38. The van der Waals surface area contributed by atoms with Gasteiger partial charge in [-0.25, -0.2) is 21.1 Å². The Bertz CT molecular complexity index is 1830. The first-order valence-corrected chi connectivity index (χ1v) is 15.0. The molecular weight excluding hydrogens is 530 g/mol. The molecule has 7 nitrogen and oxygen atoms in total.